The van der Waals surface area contributed by atoms with Gasteiger partial charge >= 0.3 is 0 Å². The molecular weight excluding hydrogens is 244 g/mol. The summed E-state index contributed by atoms with van der Waals surface area (Å²) >= 11 is 0. The van der Waals surface area contributed by atoms with E-state index in [0.717, 1.165) is 12.8 Å². The molecule has 5 nitrogen and oxygen atoms in total. The van der Waals surface area contributed by atoms with E-state index in [4.69, 9.17) is 20.4 Å². The van der Waals surface area contributed by atoms with Crippen LogP contribution in [0.5, 0.6) is 11.5 Å². The summed E-state index contributed by atoms with van der Waals surface area (Å²) in [6.07, 6.45) is 5.94. The van der Waals surface area contributed by atoms with Gasteiger partial charge in [0.1, 0.15) is 11.5 Å². The number of hydrogen-bond donors (Lipinski definition) is 2. The van der Waals surface area contributed by atoms with Gasteiger partial charge in [0.15, 0.2) is 5.84 Å². The van der Waals surface area contributed by atoms with E-state index in [9.17, 15) is 0 Å². The van der Waals surface area contributed by atoms with Crippen molar-refractivity contribution in [3.05, 3.63) is 23.8 Å². The zero-order valence-electron chi connectivity index (χ0n) is 11.1. The summed E-state index contributed by atoms with van der Waals surface area (Å²) < 4.78 is 11.2. The Balaban J connectivity index is 2.24. The van der Waals surface area contributed by atoms with Gasteiger partial charge in [0.2, 0.25) is 0 Å². The van der Waals surface area contributed by atoms with Crippen molar-refractivity contribution in [2.75, 3.05) is 7.11 Å². The van der Waals surface area contributed by atoms with Crippen LogP contribution in [0.15, 0.2) is 23.4 Å². The average molecular weight is 264 g/mol. The third-order valence-corrected chi connectivity index (χ3v) is 3.42. The Morgan fingerprint density at radius 2 is 2.05 bits per heavy atom. The number of hydrogen-bond acceptors (Lipinski definition) is 4. The fraction of sp³-hybridized carbons (Fsp3) is 0.500. The minimum absolute atomic E-state index is 0.0495. The fourth-order valence-corrected chi connectivity index (χ4v) is 2.36. The number of nitrogens with zero attached hydrogens (tertiary/aromatic N) is 1. The second-order valence-electron chi connectivity index (χ2n) is 4.73. The Morgan fingerprint density at radius 3 is 2.68 bits per heavy atom. The smallest absolute Gasteiger partial charge is 0.173 e. The molecule has 1 aromatic rings. The second-order valence-corrected chi connectivity index (χ2v) is 4.73. The summed E-state index contributed by atoms with van der Waals surface area (Å²) in [6.45, 7) is 0. The van der Waals surface area contributed by atoms with Gasteiger partial charge in [0.25, 0.3) is 0 Å². The molecule has 0 atom stereocenters. The minimum atomic E-state index is 0.0495. The molecule has 0 saturated heterocycles. The van der Waals surface area contributed by atoms with E-state index < -0.39 is 0 Å². The van der Waals surface area contributed by atoms with Gasteiger partial charge in [-0.2, -0.15) is 0 Å². The summed E-state index contributed by atoms with van der Waals surface area (Å²) in [5, 5.41) is 11.9. The normalized spacial score (nSPS) is 17.2. The van der Waals surface area contributed by atoms with E-state index in [1.54, 1.807) is 25.3 Å². The number of benzene rings is 1. The van der Waals surface area contributed by atoms with Crippen LogP contribution in [0.3, 0.4) is 0 Å². The molecular formula is C14H20N2O3. The third kappa shape index (κ3) is 3.30. The zero-order chi connectivity index (χ0) is 13.7. The van der Waals surface area contributed by atoms with E-state index in [2.05, 4.69) is 5.16 Å². The van der Waals surface area contributed by atoms with Gasteiger partial charge < -0.3 is 20.4 Å². The molecule has 0 amide bonds. The molecule has 104 valence electrons. The van der Waals surface area contributed by atoms with Crippen LogP contribution < -0.4 is 15.2 Å². The number of rotatable bonds is 4. The molecule has 0 aromatic heterocycles. The first kappa shape index (κ1) is 13.5. The summed E-state index contributed by atoms with van der Waals surface area (Å²) in [4.78, 5) is 0. The van der Waals surface area contributed by atoms with E-state index >= 15 is 0 Å². The van der Waals surface area contributed by atoms with Gasteiger partial charge in [-0.1, -0.05) is 11.6 Å². The predicted molar refractivity (Wildman–Crippen MR) is 73.0 cm³/mol. The van der Waals surface area contributed by atoms with Gasteiger partial charge in [-0.05, 0) is 37.8 Å². The first-order chi connectivity index (χ1) is 9.24. The van der Waals surface area contributed by atoms with Gasteiger partial charge in [-0.15, -0.1) is 0 Å². The van der Waals surface area contributed by atoms with Crippen molar-refractivity contribution in [1.82, 2.24) is 0 Å². The lowest BCUT2D eigenvalue weighted by Gasteiger charge is -2.24. The lowest BCUT2D eigenvalue weighted by molar-refractivity contribution is 0.154. The van der Waals surface area contributed by atoms with Crippen molar-refractivity contribution in [3.8, 4) is 11.5 Å². The van der Waals surface area contributed by atoms with E-state index in [1.165, 1.54) is 19.3 Å². The van der Waals surface area contributed by atoms with Gasteiger partial charge in [-0.3, -0.25) is 0 Å². The first-order valence-corrected chi connectivity index (χ1v) is 6.57. The highest BCUT2D eigenvalue weighted by molar-refractivity contribution is 5.99. The largest absolute Gasteiger partial charge is 0.497 e. The second kappa shape index (κ2) is 6.31. The fourth-order valence-electron chi connectivity index (χ4n) is 2.36. The molecule has 1 saturated carbocycles. The highest BCUT2D eigenvalue weighted by atomic mass is 16.5. The van der Waals surface area contributed by atoms with Crippen molar-refractivity contribution >= 4 is 5.84 Å². The topological polar surface area (TPSA) is 77.1 Å². The maximum Gasteiger partial charge on any atom is 0.173 e. The van der Waals surface area contributed by atoms with Crippen LogP contribution in [0.25, 0.3) is 0 Å². The maximum absolute atomic E-state index is 8.82. The minimum Gasteiger partial charge on any atom is -0.497 e. The molecule has 0 bridgehead atoms. The Morgan fingerprint density at radius 1 is 1.32 bits per heavy atom. The molecule has 0 spiro atoms. The lowest BCUT2D eigenvalue weighted by Crippen LogP contribution is -2.22. The molecule has 19 heavy (non-hydrogen) atoms. The first-order valence-electron chi connectivity index (χ1n) is 6.57. The van der Waals surface area contributed by atoms with Crippen molar-refractivity contribution < 1.29 is 14.7 Å². The standard InChI is InChI=1S/C14H20N2O3/c1-18-11-7-8-12(14(15)16-17)13(9-11)19-10-5-3-2-4-6-10/h7-10,17H,2-6H2,1H3,(H2,15,16). The van der Waals surface area contributed by atoms with Crippen LogP contribution in [-0.2, 0) is 0 Å². The number of amidine groups is 1. The average Bonchev–Trinajstić information content (AvgIpc) is 2.47. The van der Waals surface area contributed by atoms with Crippen LogP contribution in [0, 0.1) is 0 Å². The highest BCUT2D eigenvalue weighted by Gasteiger charge is 2.18. The van der Waals surface area contributed by atoms with E-state index in [-0.39, 0.29) is 11.9 Å². The predicted octanol–water partition coefficient (Wildman–Crippen LogP) is 2.50. The number of ether oxygens (including phenoxy) is 2. The summed E-state index contributed by atoms with van der Waals surface area (Å²) in [5.74, 6) is 1.36. The Kier molecular flexibility index (Phi) is 4.49. The molecule has 0 radical (unpaired) electrons. The van der Waals surface area contributed by atoms with Gasteiger partial charge in [0.05, 0.1) is 18.8 Å². The molecule has 0 unspecified atom stereocenters. The summed E-state index contributed by atoms with van der Waals surface area (Å²) in [6, 6.07) is 5.29. The van der Waals surface area contributed by atoms with Crippen molar-refractivity contribution in [1.29, 1.82) is 0 Å². The summed E-state index contributed by atoms with van der Waals surface area (Å²) in [5.41, 5.74) is 6.26. The molecule has 5 heteroatoms. The molecule has 0 aliphatic heterocycles. The molecule has 1 aliphatic rings. The van der Waals surface area contributed by atoms with Crippen LogP contribution in [0.4, 0.5) is 0 Å². The van der Waals surface area contributed by atoms with Crippen LogP contribution in [0.2, 0.25) is 0 Å². The highest BCUT2D eigenvalue weighted by Crippen LogP contribution is 2.29. The number of nitrogens with two attached hydrogens (primary N) is 1. The maximum atomic E-state index is 8.82. The monoisotopic (exact) mass is 264 g/mol. The third-order valence-electron chi connectivity index (χ3n) is 3.42. The van der Waals surface area contributed by atoms with Crippen LogP contribution in [-0.4, -0.2) is 24.3 Å². The van der Waals surface area contributed by atoms with E-state index in [1.807, 2.05) is 0 Å². The number of oxime groups is 1. The van der Waals surface area contributed by atoms with Crippen molar-refractivity contribution in [3.63, 3.8) is 0 Å². The molecule has 2 rings (SSSR count). The van der Waals surface area contributed by atoms with Crippen LogP contribution >= 0.6 is 0 Å². The SMILES string of the molecule is COc1ccc(/C(N)=N/O)c(OC2CCCCC2)c1. The molecule has 1 fully saturated rings. The molecule has 0 heterocycles. The molecule has 1 aliphatic carbocycles. The van der Waals surface area contributed by atoms with E-state index in [0.29, 0.717) is 17.1 Å². The molecule has 1 aromatic carbocycles. The van der Waals surface area contributed by atoms with Crippen LogP contribution in [0.1, 0.15) is 37.7 Å². The molecule has 3 N–H and O–H groups in total. The van der Waals surface area contributed by atoms with Gasteiger partial charge in [0, 0.05) is 6.07 Å². The lowest BCUT2D eigenvalue weighted by atomic mass is 9.97. The van der Waals surface area contributed by atoms with Crippen molar-refractivity contribution in [2.24, 2.45) is 10.9 Å². The number of methoxy groups -OCH3 is 1. The van der Waals surface area contributed by atoms with Crippen molar-refractivity contribution in [2.45, 2.75) is 38.2 Å². The Labute approximate surface area is 113 Å². The zero-order valence-corrected chi connectivity index (χ0v) is 11.1. The Bertz CT molecular complexity index is 454. The summed E-state index contributed by atoms with van der Waals surface area (Å²) in [7, 11) is 1.60. The van der Waals surface area contributed by atoms with Gasteiger partial charge in [-0.25, -0.2) is 0 Å². The Hall–Kier alpha value is -1.91. The quantitative estimate of drug-likeness (QED) is 0.379.